The number of rotatable bonds is 4. The van der Waals surface area contributed by atoms with Gasteiger partial charge in [-0.3, -0.25) is 9.59 Å². The minimum absolute atomic E-state index is 0.126. The maximum atomic E-state index is 12.4. The Bertz CT molecular complexity index is 466. The van der Waals surface area contributed by atoms with E-state index in [0.717, 1.165) is 18.2 Å². The van der Waals surface area contributed by atoms with Crippen molar-refractivity contribution in [3.8, 4) is 0 Å². The van der Waals surface area contributed by atoms with Gasteiger partial charge >= 0.3 is 12.1 Å². The molecule has 1 rings (SSSR count). The van der Waals surface area contributed by atoms with Crippen LogP contribution in [0.2, 0.25) is 0 Å². The number of carbonyl (C=O) groups excluding carboxylic acids is 1. The zero-order valence-electron chi connectivity index (χ0n) is 9.49. The minimum Gasteiger partial charge on any atom is -0.481 e. The number of carbonyl (C=O) groups is 2. The van der Waals surface area contributed by atoms with Crippen LogP contribution < -0.4 is 0 Å². The van der Waals surface area contributed by atoms with Crippen LogP contribution in [0.4, 0.5) is 13.2 Å². The Morgan fingerprint density at radius 2 is 1.94 bits per heavy atom. The summed E-state index contributed by atoms with van der Waals surface area (Å²) in [6, 6.07) is 3.97. The normalized spacial score (nSPS) is 13.1. The number of carboxylic acids is 1. The molecule has 0 aromatic heterocycles. The van der Waals surface area contributed by atoms with Gasteiger partial charge in [-0.15, -0.1) is 0 Å². The molecular weight excluding hydrogens is 249 g/mol. The highest BCUT2D eigenvalue weighted by Crippen LogP contribution is 2.30. The molecule has 0 amide bonds. The number of aliphatic carboxylic acids is 1. The van der Waals surface area contributed by atoms with Crippen LogP contribution in [0, 0.1) is 5.92 Å². The summed E-state index contributed by atoms with van der Waals surface area (Å²) >= 11 is 0. The zero-order chi connectivity index (χ0) is 13.9. The van der Waals surface area contributed by atoms with E-state index < -0.39 is 35.8 Å². The number of hydrogen-bond donors (Lipinski definition) is 1. The van der Waals surface area contributed by atoms with Crippen LogP contribution >= 0.6 is 0 Å². The van der Waals surface area contributed by atoms with Gasteiger partial charge < -0.3 is 5.11 Å². The van der Waals surface area contributed by atoms with Gasteiger partial charge in [-0.05, 0) is 12.1 Å². The molecule has 6 heteroatoms. The molecule has 0 fully saturated rings. The second-order valence-electron chi connectivity index (χ2n) is 3.94. The van der Waals surface area contributed by atoms with Crippen molar-refractivity contribution < 1.29 is 27.9 Å². The maximum Gasteiger partial charge on any atom is 0.416 e. The molecule has 0 saturated carbocycles. The predicted molar refractivity (Wildman–Crippen MR) is 57.2 cm³/mol. The fourth-order valence-electron chi connectivity index (χ4n) is 1.49. The summed E-state index contributed by atoms with van der Waals surface area (Å²) in [7, 11) is 0. The molecule has 0 saturated heterocycles. The predicted octanol–water partition coefficient (Wildman–Crippen LogP) is 3.00. The number of Topliss-reactive ketones (excluding diaryl/α,β-unsaturated/α-hetero) is 1. The Balaban J connectivity index is 2.97. The summed E-state index contributed by atoms with van der Waals surface area (Å²) in [5, 5.41) is 8.53. The second-order valence-corrected chi connectivity index (χ2v) is 3.94. The summed E-state index contributed by atoms with van der Waals surface area (Å²) < 4.78 is 37.3. The molecule has 3 nitrogen and oxygen atoms in total. The highest BCUT2D eigenvalue weighted by molar-refractivity contribution is 5.99. The molecule has 1 aromatic rings. The van der Waals surface area contributed by atoms with Gasteiger partial charge in [0, 0.05) is 11.5 Å². The third-order valence-corrected chi connectivity index (χ3v) is 2.40. The molecule has 0 aliphatic carbocycles. The average Bonchev–Trinajstić information content (AvgIpc) is 2.26. The number of benzene rings is 1. The highest BCUT2D eigenvalue weighted by atomic mass is 19.4. The van der Waals surface area contributed by atoms with Crippen molar-refractivity contribution in [2.24, 2.45) is 5.92 Å². The molecule has 0 heterocycles. The molecule has 98 valence electrons. The number of hydrogen-bond acceptors (Lipinski definition) is 2. The van der Waals surface area contributed by atoms with Gasteiger partial charge in [-0.2, -0.15) is 13.2 Å². The Morgan fingerprint density at radius 3 is 2.44 bits per heavy atom. The van der Waals surface area contributed by atoms with E-state index >= 15 is 0 Å². The van der Waals surface area contributed by atoms with Crippen LogP contribution in [-0.2, 0) is 11.0 Å². The van der Waals surface area contributed by atoms with Gasteiger partial charge in [0.1, 0.15) is 0 Å². The van der Waals surface area contributed by atoms with Crippen molar-refractivity contribution in [2.45, 2.75) is 19.5 Å². The molecule has 1 N–H and O–H groups in total. The molecule has 1 atom stereocenters. The first-order valence-corrected chi connectivity index (χ1v) is 5.15. The van der Waals surface area contributed by atoms with Crippen molar-refractivity contribution in [3.63, 3.8) is 0 Å². The highest BCUT2D eigenvalue weighted by Gasteiger charge is 2.31. The lowest BCUT2D eigenvalue weighted by Crippen LogP contribution is -2.16. The molecule has 0 aliphatic rings. The molecule has 0 aliphatic heterocycles. The second kappa shape index (κ2) is 5.20. The molecule has 0 spiro atoms. The summed E-state index contributed by atoms with van der Waals surface area (Å²) in [5.74, 6) is -2.63. The van der Waals surface area contributed by atoms with Gasteiger partial charge in [0.05, 0.1) is 12.0 Å². The Kier molecular flexibility index (Phi) is 4.11. The minimum atomic E-state index is -4.52. The lowest BCUT2D eigenvalue weighted by molar-refractivity contribution is -0.138. The van der Waals surface area contributed by atoms with Crippen LogP contribution in [0.15, 0.2) is 24.3 Å². The summed E-state index contributed by atoms with van der Waals surface area (Å²) in [6.45, 7) is 1.37. The van der Waals surface area contributed by atoms with Crippen LogP contribution in [0.3, 0.4) is 0 Å². The van der Waals surface area contributed by atoms with Gasteiger partial charge in [0.25, 0.3) is 0 Å². The Morgan fingerprint density at radius 1 is 1.33 bits per heavy atom. The van der Waals surface area contributed by atoms with E-state index in [0.29, 0.717) is 0 Å². The largest absolute Gasteiger partial charge is 0.481 e. The third-order valence-electron chi connectivity index (χ3n) is 2.40. The third kappa shape index (κ3) is 3.58. The van der Waals surface area contributed by atoms with Crippen LogP contribution in [-0.4, -0.2) is 16.9 Å². The average molecular weight is 260 g/mol. The van der Waals surface area contributed by atoms with Gasteiger partial charge in [0.2, 0.25) is 0 Å². The van der Waals surface area contributed by atoms with Crippen molar-refractivity contribution in [3.05, 3.63) is 35.4 Å². The van der Waals surface area contributed by atoms with Gasteiger partial charge in [-0.25, -0.2) is 0 Å². The van der Waals surface area contributed by atoms with E-state index in [9.17, 15) is 22.8 Å². The van der Waals surface area contributed by atoms with Crippen molar-refractivity contribution >= 4 is 11.8 Å². The van der Waals surface area contributed by atoms with E-state index in [1.807, 2.05) is 0 Å². The SMILES string of the molecule is CC(CC(=O)O)C(=O)c1cccc(C(F)(F)F)c1. The lowest BCUT2D eigenvalue weighted by atomic mass is 9.95. The standard InChI is InChI=1S/C12H11F3O3/c1-7(5-10(16)17)11(18)8-3-2-4-9(6-8)12(13,14)15/h2-4,6-7H,5H2,1H3,(H,16,17). The molecular formula is C12H11F3O3. The van der Waals surface area contributed by atoms with Gasteiger partial charge in [-0.1, -0.05) is 19.1 Å². The summed E-state index contributed by atoms with van der Waals surface area (Å²) in [5.41, 5.74) is -1.05. The summed E-state index contributed by atoms with van der Waals surface area (Å²) in [6.07, 6.45) is -4.93. The molecule has 0 radical (unpaired) electrons. The molecule has 0 bridgehead atoms. The first-order valence-electron chi connectivity index (χ1n) is 5.15. The van der Waals surface area contributed by atoms with E-state index in [-0.39, 0.29) is 5.56 Å². The first kappa shape index (κ1) is 14.2. The van der Waals surface area contributed by atoms with Crippen molar-refractivity contribution in [2.75, 3.05) is 0 Å². The monoisotopic (exact) mass is 260 g/mol. The van der Waals surface area contributed by atoms with Crippen LogP contribution in [0.25, 0.3) is 0 Å². The molecule has 18 heavy (non-hydrogen) atoms. The number of alkyl halides is 3. The quantitative estimate of drug-likeness (QED) is 0.846. The van der Waals surface area contributed by atoms with E-state index in [1.54, 1.807) is 0 Å². The fraction of sp³-hybridized carbons (Fsp3) is 0.333. The Labute approximate surface area is 101 Å². The zero-order valence-corrected chi connectivity index (χ0v) is 9.49. The summed E-state index contributed by atoms with van der Waals surface area (Å²) in [4.78, 5) is 22.2. The topological polar surface area (TPSA) is 54.4 Å². The van der Waals surface area contributed by atoms with Crippen LogP contribution in [0.1, 0.15) is 29.3 Å². The first-order chi connectivity index (χ1) is 8.21. The number of carboxylic acid groups (broad SMARTS) is 1. The number of halogens is 3. The van der Waals surface area contributed by atoms with Gasteiger partial charge in [0.15, 0.2) is 5.78 Å². The molecule has 1 unspecified atom stereocenters. The lowest BCUT2D eigenvalue weighted by Gasteiger charge is -2.10. The van der Waals surface area contributed by atoms with E-state index in [2.05, 4.69) is 0 Å². The Hall–Kier alpha value is -1.85. The van der Waals surface area contributed by atoms with E-state index in [4.69, 9.17) is 5.11 Å². The molecule has 1 aromatic carbocycles. The van der Waals surface area contributed by atoms with Crippen molar-refractivity contribution in [1.29, 1.82) is 0 Å². The van der Waals surface area contributed by atoms with E-state index in [1.165, 1.54) is 13.0 Å². The fourth-order valence-corrected chi connectivity index (χ4v) is 1.49. The smallest absolute Gasteiger partial charge is 0.416 e. The number of ketones is 1. The van der Waals surface area contributed by atoms with Crippen molar-refractivity contribution in [1.82, 2.24) is 0 Å². The maximum absolute atomic E-state index is 12.4. The van der Waals surface area contributed by atoms with Crippen LogP contribution in [0.5, 0.6) is 0 Å².